The molecule has 10 aromatic rings. The summed E-state index contributed by atoms with van der Waals surface area (Å²) < 4.78 is 4.71. The van der Waals surface area contributed by atoms with Crippen molar-refractivity contribution in [3.63, 3.8) is 0 Å². The zero-order chi connectivity index (χ0) is 47.3. The predicted octanol–water partition coefficient (Wildman–Crippen LogP) is 17.1. The maximum absolute atomic E-state index is 3.90. The summed E-state index contributed by atoms with van der Waals surface area (Å²) in [6.45, 7) is 10.8. The van der Waals surface area contributed by atoms with E-state index in [0.717, 1.165) is 57.6 Å². The number of hydrogen-bond acceptors (Lipinski definition) is 4. The van der Waals surface area contributed by atoms with Crippen LogP contribution in [-0.2, 0) is 5.41 Å². The minimum Gasteiger partial charge on any atom is -0.377 e. The van der Waals surface area contributed by atoms with Crippen molar-refractivity contribution in [2.45, 2.75) is 38.6 Å². The number of rotatable bonds is 12. The van der Waals surface area contributed by atoms with Gasteiger partial charge in [0.2, 0.25) is 0 Å². The Morgan fingerprint density at radius 1 is 0.543 bits per heavy atom. The quantitative estimate of drug-likeness (QED) is 0.0923. The second-order valence-electron chi connectivity index (χ2n) is 19.0. The second-order valence-corrected chi connectivity index (χ2v) is 19.0. The van der Waals surface area contributed by atoms with E-state index in [1.54, 1.807) is 0 Å². The molecular weight excluding hydrogens is 853 g/mol. The Labute approximate surface area is 409 Å². The molecular formula is C64H54N6. The first-order chi connectivity index (χ1) is 34.3. The first-order valence-electron chi connectivity index (χ1n) is 24.2. The number of nitrogens with zero attached hydrogens (tertiary/aromatic N) is 2. The lowest BCUT2D eigenvalue weighted by atomic mass is 9.82. The highest BCUT2D eigenvalue weighted by Gasteiger charge is 2.36. The Morgan fingerprint density at radius 2 is 1.03 bits per heavy atom. The highest BCUT2D eigenvalue weighted by Crippen LogP contribution is 2.51. The summed E-state index contributed by atoms with van der Waals surface area (Å²) in [6, 6.07) is 65.4. The molecule has 6 nitrogen and oxygen atoms in total. The average molecular weight is 907 g/mol. The fourth-order valence-corrected chi connectivity index (χ4v) is 10.8. The average Bonchev–Trinajstić information content (AvgIpc) is 3.96. The van der Waals surface area contributed by atoms with Crippen LogP contribution in [0.25, 0.3) is 61.3 Å². The molecule has 0 spiro atoms. The van der Waals surface area contributed by atoms with Gasteiger partial charge < -0.3 is 30.4 Å². The molecule has 2 aliphatic carbocycles. The molecule has 70 heavy (non-hydrogen) atoms. The summed E-state index contributed by atoms with van der Waals surface area (Å²) in [7, 11) is 0. The lowest BCUT2D eigenvalue weighted by molar-refractivity contribution is 0.661. The summed E-state index contributed by atoms with van der Waals surface area (Å²) in [5.74, 6) is 0. The number of allylic oxidation sites excluding steroid dienone is 4. The largest absolute Gasteiger partial charge is 0.377 e. The van der Waals surface area contributed by atoms with Crippen LogP contribution < -0.4 is 21.3 Å². The molecule has 0 bridgehead atoms. The number of hydrogen-bond donors (Lipinski definition) is 4. The highest BCUT2D eigenvalue weighted by molar-refractivity contribution is 6.10. The highest BCUT2D eigenvalue weighted by atomic mass is 15.0. The van der Waals surface area contributed by atoms with E-state index >= 15 is 0 Å². The van der Waals surface area contributed by atoms with Crippen molar-refractivity contribution < 1.29 is 0 Å². The van der Waals surface area contributed by atoms with Crippen LogP contribution in [0.4, 0.5) is 39.8 Å². The summed E-state index contributed by atoms with van der Waals surface area (Å²) in [6.07, 6.45) is 13.8. The van der Waals surface area contributed by atoms with Gasteiger partial charge in [-0.05, 0) is 144 Å². The number of nitrogens with one attached hydrogen (secondary N) is 4. The minimum atomic E-state index is -0.213. The third-order valence-corrected chi connectivity index (χ3v) is 14.3. The molecule has 2 heterocycles. The summed E-state index contributed by atoms with van der Waals surface area (Å²) in [5.41, 5.74) is 20.6. The predicted molar refractivity (Wildman–Crippen MR) is 299 cm³/mol. The molecule has 340 valence electrons. The number of benzene rings is 8. The van der Waals surface area contributed by atoms with Crippen molar-refractivity contribution in [2.24, 2.45) is 0 Å². The van der Waals surface area contributed by atoms with E-state index in [1.165, 1.54) is 66.2 Å². The third-order valence-electron chi connectivity index (χ3n) is 14.3. The summed E-state index contributed by atoms with van der Waals surface area (Å²) in [5, 5.41) is 18.9. The first-order valence-corrected chi connectivity index (χ1v) is 24.2. The number of aryl methyl sites for hydroxylation is 1. The number of aromatic nitrogens is 2. The smallest absolute Gasteiger partial charge is 0.0623 e. The van der Waals surface area contributed by atoms with Gasteiger partial charge in [0.25, 0.3) is 0 Å². The van der Waals surface area contributed by atoms with Crippen LogP contribution in [0.1, 0.15) is 42.7 Å². The molecule has 12 rings (SSSR count). The molecule has 4 N–H and O–H groups in total. The van der Waals surface area contributed by atoms with Gasteiger partial charge in [-0.15, -0.1) is 0 Å². The molecule has 0 amide bonds. The van der Waals surface area contributed by atoms with Gasteiger partial charge in [-0.2, -0.15) is 0 Å². The Kier molecular flexibility index (Phi) is 10.6. The van der Waals surface area contributed by atoms with E-state index < -0.39 is 0 Å². The Hall–Kier alpha value is -8.74. The van der Waals surface area contributed by atoms with Crippen LogP contribution in [0.2, 0.25) is 0 Å². The van der Waals surface area contributed by atoms with Crippen LogP contribution in [0.5, 0.6) is 0 Å². The number of anilines is 7. The van der Waals surface area contributed by atoms with Crippen LogP contribution in [0.3, 0.4) is 0 Å². The van der Waals surface area contributed by atoms with Gasteiger partial charge in [0.05, 0.1) is 39.3 Å². The summed E-state index contributed by atoms with van der Waals surface area (Å²) in [4.78, 5) is 0. The van der Waals surface area contributed by atoms with E-state index in [2.05, 4.69) is 264 Å². The summed E-state index contributed by atoms with van der Waals surface area (Å²) >= 11 is 0. The Bertz CT molecular complexity index is 3710. The van der Waals surface area contributed by atoms with Crippen LogP contribution in [0.15, 0.2) is 219 Å². The van der Waals surface area contributed by atoms with Gasteiger partial charge in [0.1, 0.15) is 0 Å². The van der Waals surface area contributed by atoms with E-state index in [0.29, 0.717) is 0 Å². The van der Waals surface area contributed by atoms with E-state index in [-0.39, 0.29) is 11.5 Å². The standard InChI is InChI=1S/C64H54N6/c1-5-6-24-60-42(2)49-17-7-14-25-61(49)69(60)47-34-28-43(29-35-47)65-56-20-10-12-22-58(56)67-45-32-38-50-51-39-33-46(41-55(51)64(3,4)54(50)40-45)68-59-23-13-11-21-57(59)66-44-30-36-48(37-31-44)70-62-26-15-8-18-52(62)53-19-9-16-27-63(53)70/h5-30,32-41,44,65-68H,1,31H2,2-4H3/b24-6-. The third kappa shape index (κ3) is 7.45. The van der Waals surface area contributed by atoms with Gasteiger partial charge in [0, 0.05) is 61.8 Å². The monoisotopic (exact) mass is 906 g/mol. The molecule has 1 atom stereocenters. The topological polar surface area (TPSA) is 58.0 Å². The van der Waals surface area contributed by atoms with Crippen molar-refractivity contribution in [1.82, 2.24) is 9.13 Å². The molecule has 1 unspecified atom stereocenters. The van der Waals surface area contributed by atoms with E-state index in [1.807, 2.05) is 12.2 Å². The van der Waals surface area contributed by atoms with Gasteiger partial charge >= 0.3 is 0 Å². The zero-order valence-electron chi connectivity index (χ0n) is 39.7. The SMILES string of the molecule is C=C/C=C\c1c(C)c2ccccc2n1-c1ccc(Nc2ccccc2Nc2ccc3c(c2)C(C)(C)c2cc(Nc4ccccc4NC4C=CC(n5c6ccccc6c6ccccc65)=CC4)ccc2-3)cc1. The molecule has 2 aliphatic rings. The Morgan fingerprint density at radius 3 is 1.59 bits per heavy atom. The van der Waals surface area contributed by atoms with Crippen molar-refractivity contribution in [2.75, 3.05) is 21.3 Å². The number of para-hydroxylation sites is 7. The lowest BCUT2D eigenvalue weighted by Gasteiger charge is -2.24. The van der Waals surface area contributed by atoms with Crippen molar-refractivity contribution in [3.05, 3.63) is 241 Å². The van der Waals surface area contributed by atoms with E-state index in [4.69, 9.17) is 0 Å². The van der Waals surface area contributed by atoms with Crippen molar-refractivity contribution in [3.8, 4) is 16.8 Å². The molecule has 0 aliphatic heterocycles. The fourth-order valence-electron chi connectivity index (χ4n) is 10.8. The van der Waals surface area contributed by atoms with Gasteiger partial charge in [0.15, 0.2) is 0 Å². The molecule has 2 aromatic heterocycles. The molecule has 6 heteroatoms. The zero-order valence-corrected chi connectivity index (χ0v) is 39.7. The lowest BCUT2D eigenvalue weighted by Crippen LogP contribution is -2.19. The molecule has 0 saturated heterocycles. The normalized spacial score (nSPS) is 14.7. The minimum absolute atomic E-state index is 0.158. The van der Waals surface area contributed by atoms with Crippen molar-refractivity contribution in [1.29, 1.82) is 0 Å². The van der Waals surface area contributed by atoms with E-state index in [9.17, 15) is 0 Å². The molecule has 0 fully saturated rings. The van der Waals surface area contributed by atoms with Crippen LogP contribution >= 0.6 is 0 Å². The van der Waals surface area contributed by atoms with Crippen LogP contribution in [-0.4, -0.2) is 15.2 Å². The fraction of sp³-hybridized carbons (Fsp3) is 0.0938. The Balaban J connectivity index is 0.744. The maximum Gasteiger partial charge on any atom is 0.0623 e. The maximum atomic E-state index is 3.90. The van der Waals surface area contributed by atoms with Crippen molar-refractivity contribution >= 4 is 84.3 Å². The molecule has 0 saturated carbocycles. The van der Waals surface area contributed by atoms with Gasteiger partial charge in [-0.3, -0.25) is 0 Å². The molecule has 8 aromatic carbocycles. The first kappa shape index (κ1) is 42.6. The van der Waals surface area contributed by atoms with Gasteiger partial charge in [-0.1, -0.05) is 136 Å². The van der Waals surface area contributed by atoms with Crippen LogP contribution in [0, 0.1) is 6.92 Å². The number of fused-ring (bicyclic) bond motifs is 7. The molecule has 0 radical (unpaired) electrons. The second kappa shape index (κ2) is 17.4. The van der Waals surface area contributed by atoms with Gasteiger partial charge in [-0.25, -0.2) is 0 Å².